The van der Waals surface area contributed by atoms with E-state index in [2.05, 4.69) is 15.2 Å². The van der Waals surface area contributed by atoms with Crippen LogP contribution in [0, 0.1) is 11.6 Å². The number of nitrogens with zero attached hydrogens (tertiary/aromatic N) is 4. The van der Waals surface area contributed by atoms with Crippen LogP contribution in [0.25, 0.3) is 0 Å². The molecule has 1 aromatic heterocycles. The van der Waals surface area contributed by atoms with E-state index in [1.54, 1.807) is 6.20 Å². The van der Waals surface area contributed by atoms with E-state index in [-0.39, 0.29) is 5.82 Å². The number of pyridine rings is 1. The van der Waals surface area contributed by atoms with E-state index in [0.717, 1.165) is 30.6 Å². The average Bonchev–Trinajstić information content (AvgIpc) is 2.70. The van der Waals surface area contributed by atoms with Gasteiger partial charge in [-0.05, 0) is 37.1 Å². The number of piperazine rings is 1. The lowest BCUT2D eigenvalue weighted by Crippen LogP contribution is -2.52. The van der Waals surface area contributed by atoms with Crippen LogP contribution < -0.4 is 10.2 Å². The van der Waals surface area contributed by atoms with Gasteiger partial charge in [0.1, 0.15) is 11.6 Å². The second-order valence-corrected chi connectivity index (χ2v) is 6.42. The Bertz CT molecular complexity index is 758. The monoisotopic (exact) mass is 373 g/mol. The highest BCUT2D eigenvalue weighted by atomic mass is 19.1. The molecule has 3 rings (SSSR count). The normalized spacial score (nSPS) is 15.1. The van der Waals surface area contributed by atoms with Crippen LogP contribution >= 0.6 is 0 Å². The summed E-state index contributed by atoms with van der Waals surface area (Å²) in [5, 5.41) is 3.32. The van der Waals surface area contributed by atoms with E-state index in [1.165, 1.54) is 12.1 Å². The SMILES string of the molecule is CCNC(=NCCc1cccnc1)N1CCN(c2cc(F)ccc2F)CC1. The molecule has 0 spiro atoms. The van der Waals surface area contributed by atoms with Crippen molar-refractivity contribution in [2.45, 2.75) is 13.3 Å². The second kappa shape index (κ2) is 9.30. The van der Waals surface area contributed by atoms with Crippen molar-refractivity contribution in [1.29, 1.82) is 0 Å². The number of aliphatic imine (C=N–C) groups is 1. The van der Waals surface area contributed by atoms with E-state index >= 15 is 0 Å². The standard InChI is InChI=1S/C20H25F2N5/c1-2-24-20(25-9-7-16-4-3-8-23-15-16)27-12-10-26(11-13-27)19-14-17(21)5-6-18(19)22/h3-6,8,14-15H,2,7,9-13H2,1H3,(H,24,25). The van der Waals surface area contributed by atoms with Gasteiger partial charge in [0.2, 0.25) is 0 Å². The van der Waals surface area contributed by atoms with Gasteiger partial charge in [-0.25, -0.2) is 8.78 Å². The topological polar surface area (TPSA) is 43.8 Å². The number of benzene rings is 1. The smallest absolute Gasteiger partial charge is 0.194 e. The summed E-state index contributed by atoms with van der Waals surface area (Å²) in [7, 11) is 0. The van der Waals surface area contributed by atoms with Gasteiger partial charge >= 0.3 is 0 Å². The molecule has 0 atom stereocenters. The third-order valence-electron chi connectivity index (χ3n) is 4.55. The summed E-state index contributed by atoms with van der Waals surface area (Å²) in [6, 6.07) is 7.56. The van der Waals surface area contributed by atoms with Gasteiger partial charge in [-0.15, -0.1) is 0 Å². The lowest BCUT2D eigenvalue weighted by molar-refractivity contribution is 0.370. The summed E-state index contributed by atoms with van der Waals surface area (Å²) in [6.45, 7) is 6.14. The van der Waals surface area contributed by atoms with Gasteiger partial charge in [-0.1, -0.05) is 6.07 Å². The summed E-state index contributed by atoms with van der Waals surface area (Å²) in [6.07, 6.45) is 4.45. The third kappa shape index (κ3) is 5.15. The summed E-state index contributed by atoms with van der Waals surface area (Å²) in [5.41, 5.74) is 1.48. The van der Waals surface area contributed by atoms with Crippen molar-refractivity contribution in [2.75, 3.05) is 44.2 Å². The molecule has 1 saturated heterocycles. The highest BCUT2D eigenvalue weighted by Gasteiger charge is 2.22. The minimum atomic E-state index is -0.417. The number of hydrogen-bond donors (Lipinski definition) is 1. The van der Waals surface area contributed by atoms with Crippen LogP contribution in [-0.2, 0) is 6.42 Å². The highest BCUT2D eigenvalue weighted by Crippen LogP contribution is 2.21. The lowest BCUT2D eigenvalue weighted by atomic mass is 10.2. The fourth-order valence-corrected chi connectivity index (χ4v) is 3.15. The summed E-state index contributed by atoms with van der Waals surface area (Å²) >= 11 is 0. The molecule has 0 saturated carbocycles. The van der Waals surface area contributed by atoms with E-state index in [4.69, 9.17) is 4.99 Å². The Labute approximate surface area is 158 Å². The molecular formula is C20H25F2N5. The van der Waals surface area contributed by atoms with Gasteiger partial charge in [0.05, 0.1) is 5.69 Å². The van der Waals surface area contributed by atoms with Crippen LogP contribution in [0.15, 0.2) is 47.7 Å². The van der Waals surface area contributed by atoms with Crippen molar-refractivity contribution >= 4 is 11.6 Å². The summed E-state index contributed by atoms with van der Waals surface area (Å²) < 4.78 is 27.4. The number of hydrogen-bond acceptors (Lipinski definition) is 3. The molecular weight excluding hydrogens is 348 g/mol. The van der Waals surface area contributed by atoms with Gasteiger partial charge in [0, 0.05) is 57.7 Å². The van der Waals surface area contributed by atoms with Crippen molar-refractivity contribution in [3.63, 3.8) is 0 Å². The predicted molar refractivity (Wildman–Crippen MR) is 104 cm³/mol. The Kier molecular flexibility index (Phi) is 6.57. The molecule has 1 N–H and O–H groups in total. The molecule has 2 heterocycles. The molecule has 0 aliphatic carbocycles. The molecule has 144 valence electrons. The first-order valence-electron chi connectivity index (χ1n) is 9.29. The third-order valence-corrected chi connectivity index (χ3v) is 4.55. The molecule has 1 aliphatic rings. The quantitative estimate of drug-likeness (QED) is 0.647. The Hall–Kier alpha value is -2.70. The Morgan fingerprint density at radius 1 is 1.19 bits per heavy atom. The first kappa shape index (κ1) is 19.1. The molecule has 0 amide bonds. The number of halogens is 2. The maximum absolute atomic E-state index is 14.0. The van der Waals surface area contributed by atoms with E-state index < -0.39 is 5.82 Å². The molecule has 7 heteroatoms. The van der Waals surface area contributed by atoms with Crippen LogP contribution in [-0.4, -0.2) is 55.1 Å². The van der Waals surface area contributed by atoms with Gasteiger partial charge in [0.15, 0.2) is 5.96 Å². The van der Waals surface area contributed by atoms with Crippen LogP contribution in [0.3, 0.4) is 0 Å². The van der Waals surface area contributed by atoms with E-state index in [0.29, 0.717) is 38.4 Å². The summed E-state index contributed by atoms with van der Waals surface area (Å²) in [4.78, 5) is 12.9. The van der Waals surface area contributed by atoms with Crippen molar-refractivity contribution < 1.29 is 8.78 Å². The largest absolute Gasteiger partial charge is 0.366 e. The molecule has 0 unspecified atom stereocenters. The Morgan fingerprint density at radius 2 is 2.00 bits per heavy atom. The molecule has 1 aromatic carbocycles. The van der Waals surface area contributed by atoms with Gasteiger partial charge in [-0.2, -0.15) is 0 Å². The first-order chi connectivity index (χ1) is 13.2. The minimum Gasteiger partial charge on any atom is -0.366 e. The fraction of sp³-hybridized carbons (Fsp3) is 0.400. The molecule has 1 fully saturated rings. The van der Waals surface area contributed by atoms with Crippen LogP contribution in [0.2, 0.25) is 0 Å². The molecule has 0 radical (unpaired) electrons. The van der Waals surface area contributed by atoms with Gasteiger partial charge in [0.25, 0.3) is 0 Å². The van der Waals surface area contributed by atoms with Gasteiger partial charge in [-0.3, -0.25) is 9.98 Å². The van der Waals surface area contributed by atoms with Crippen molar-refractivity contribution in [1.82, 2.24) is 15.2 Å². The fourth-order valence-electron chi connectivity index (χ4n) is 3.15. The predicted octanol–water partition coefficient (Wildman–Crippen LogP) is 2.69. The van der Waals surface area contributed by atoms with Crippen molar-refractivity contribution in [3.05, 3.63) is 59.9 Å². The molecule has 0 bridgehead atoms. The minimum absolute atomic E-state index is 0.327. The highest BCUT2D eigenvalue weighted by molar-refractivity contribution is 5.80. The maximum Gasteiger partial charge on any atom is 0.194 e. The van der Waals surface area contributed by atoms with Crippen molar-refractivity contribution in [2.24, 2.45) is 4.99 Å². The van der Waals surface area contributed by atoms with Gasteiger partial charge < -0.3 is 15.1 Å². The Morgan fingerprint density at radius 3 is 2.70 bits per heavy atom. The van der Waals surface area contributed by atoms with Crippen LogP contribution in [0.1, 0.15) is 12.5 Å². The molecule has 27 heavy (non-hydrogen) atoms. The average molecular weight is 373 g/mol. The maximum atomic E-state index is 14.0. The molecule has 1 aliphatic heterocycles. The van der Waals surface area contributed by atoms with Crippen molar-refractivity contribution in [3.8, 4) is 0 Å². The van der Waals surface area contributed by atoms with E-state index in [1.807, 2.05) is 30.2 Å². The number of rotatable bonds is 5. The molecule has 2 aromatic rings. The number of aromatic nitrogens is 1. The zero-order valence-electron chi connectivity index (χ0n) is 15.5. The lowest BCUT2D eigenvalue weighted by Gasteiger charge is -2.37. The second-order valence-electron chi connectivity index (χ2n) is 6.42. The number of nitrogens with one attached hydrogen (secondary N) is 1. The van der Waals surface area contributed by atoms with E-state index in [9.17, 15) is 8.78 Å². The number of anilines is 1. The first-order valence-corrected chi connectivity index (χ1v) is 9.29. The van der Waals surface area contributed by atoms with Crippen LogP contribution in [0.4, 0.5) is 14.5 Å². The zero-order chi connectivity index (χ0) is 19.1. The molecule has 5 nitrogen and oxygen atoms in total. The summed E-state index contributed by atoms with van der Waals surface area (Å²) in [5.74, 6) is 0.0572. The van der Waals surface area contributed by atoms with Crippen LogP contribution in [0.5, 0.6) is 0 Å². The Balaban J connectivity index is 1.59. The number of guanidine groups is 1. The zero-order valence-corrected chi connectivity index (χ0v) is 15.5.